The summed E-state index contributed by atoms with van der Waals surface area (Å²) in [5.74, 6) is -4.32. The first-order valence-corrected chi connectivity index (χ1v) is 24.7. The molecule has 0 amide bonds. The Morgan fingerprint density at radius 3 is 1.35 bits per heavy atom. The Morgan fingerprint density at radius 1 is 0.548 bits per heavy atom. The molecule has 328 valence electrons. The van der Waals surface area contributed by atoms with Crippen LogP contribution in [-0.2, 0) is 32.9 Å². The number of aromatic nitrogens is 2. The Hall–Kier alpha value is -4.14. The zero-order valence-corrected chi connectivity index (χ0v) is 38.1. The van der Waals surface area contributed by atoms with E-state index in [1.807, 2.05) is 26.6 Å². The van der Waals surface area contributed by atoms with Gasteiger partial charge in [-0.2, -0.15) is 8.61 Å². The van der Waals surface area contributed by atoms with E-state index in [1.54, 1.807) is 12.1 Å². The van der Waals surface area contributed by atoms with Crippen LogP contribution in [0.4, 0.5) is 27.8 Å². The van der Waals surface area contributed by atoms with E-state index < -0.39 is 53.1 Å². The number of anilines is 2. The summed E-state index contributed by atoms with van der Waals surface area (Å²) in [4.78, 5) is 11.5. The van der Waals surface area contributed by atoms with Crippen LogP contribution >= 0.6 is 45.9 Å². The molecular weight excluding hydrogens is 928 g/mol. The summed E-state index contributed by atoms with van der Waals surface area (Å²) in [5, 5.41) is 6.53. The van der Waals surface area contributed by atoms with Crippen LogP contribution in [-0.4, -0.2) is 87.8 Å². The first-order chi connectivity index (χ1) is 29.5. The second kappa shape index (κ2) is 19.3. The van der Waals surface area contributed by atoms with E-state index in [0.29, 0.717) is 42.6 Å². The van der Waals surface area contributed by atoms with Crippen molar-refractivity contribution < 1.29 is 34.4 Å². The van der Waals surface area contributed by atoms with Gasteiger partial charge < -0.3 is 9.80 Å². The molecule has 0 saturated carbocycles. The number of nitrogens with zero attached hydrogens (tertiary/aromatic N) is 6. The summed E-state index contributed by atoms with van der Waals surface area (Å²) >= 11 is 15.0. The van der Waals surface area contributed by atoms with Crippen molar-refractivity contribution >= 4 is 76.2 Å². The quantitative estimate of drug-likeness (QED) is 0.125. The molecule has 2 aromatic heterocycles. The summed E-state index contributed by atoms with van der Waals surface area (Å²) in [6.45, 7) is 6.23. The zero-order chi connectivity index (χ0) is 44.3. The van der Waals surface area contributed by atoms with E-state index in [0.717, 1.165) is 78.6 Å². The van der Waals surface area contributed by atoms with Crippen molar-refractivity contribution in [3.8, 4) is 0 Å². The van der Waals surface area contributed by atoms with Gasteiger partial charge in [-0.25, -0.2) is 44.4 Å². The van der Waals surface area contributed by atoms with Gasteiger partial charge in [-0.05, 0) is 72.5 Å². The van der Waals surface area contributed by atoms with Crippen LogP contribution in [0.1, 0.15) is 33.6 Å². The lowest BCUT2D eigenvalue weighted by Crippen LogP contribution is -2.49. The average Bonchev–Trinajstić information content (AvgIpc) is 3.91. The molecule has 0 unspecified atom stereocenters. The first kappa shape index (κ1) is 45.9. The van der Waals surface area contributed by atoms with Gasteiger partial charge in [-0.1, -0.05) is 59.6 Å². The molecule has 0 spiro atoms. The fraction of sp³-hybridized carbons (Fsp3) is 0.286. The minimum atomic E-state index is -4.26. The number of halogens is 6. The molecule has 0 atom stereocenters. The van der Waals surface area contributed by atoms with Crippen molar-refractivity contribution in [3.05, 3.63) is 151 Å². The highest BCUT2D eigenvalue weighted by atomic mass is 35.5. The van der Waals surface area contributed by atoms with Gasteiger partial charge >= 0.3 is 0 Å². The van der Waals surface area contributed by atoms with Crippen LogP contribution in [0, 0.1) is 37.1 Å². The molecular formula is C42H40Cl2F4N6O4S4. The molecule has 0 bridgehead atoms. The van der Waals surface area contributed by atoms with Crippen LogP contribution in [0.25, 0.3) is 0 Å². The molecule has 2 aliphatic rings. The minimum Gasteiger partial charge on any atom is -0.345 e. The second-order valence-corrected chi connectivity index (χ2v) is 20.9. The van der Waals surface area contributed by atoms with Crippen molar-refractivity contribution in [3.63, 3.8) is 0 Å². The molecule has 6 aromatic rings. The SMILES string of the molecule is Cc1ccc(Cc2csc(N3CCN(S(=O)(=O)c4c(F)cccc4F)CC3)n2)cc1C.O=S(=O)(c1c(F)cccc1F)N1CCN(c2nc(Cc3ccc(Cl)c(Cl)c3)cs2)CC1. The molecule has 10 nitrogen and oxygen atoms in total. The maximum atomic E-state index is 14.0. The first-order valence-electron chi connectivity index (χ1n) is 19.3. The lowest BCUT2D eigenvalue weighted by Gasteiger charge is -2.33. The number of rotatable bonds is 10. The Bertz CT molecular complexity index is 2570. The number of sulfonamides is 2. The summed E-state index contributed by atoms with van der Waals surface area (Å²) in [6, 6.07) is 17.9. The number of aryl methyl sites for hydroxylation is 2. The summed E-state index contributed by atoms with van der Waals surface area (Å²) in [7, 11) is -8.49. The fourth-order valence-corrected chi connectivity index (χ4v) is 12.1. The van der Waals surface area contributed by atoms with E-state index in [2.05, 4.69) is 37.0 Å². The van der Waals surface area contributed by atoms with E-state index in [-0.39, 0.29) is 26.2 Å². The van der Waals surface area contributed by atoms with Gasteiger partial charge in [0.15, 0.2) is 20.1 Å². The minimum absolute atomic E-state index is 0.109. The maximum Gasteiger partial charge on any atom is 0.249 e. The van der Waals surface area contributed by atoms with Crippen LogP contribution in [0.15, 0.2) is 93.3 Å². The van der Waals surface area contributed by atoms with Gasteiger partial charge in [0.2, 0.25) is 20.0 Å². The highest BCUT2D eigenvalue weighted by Crippen LogP contribution is 2.30. The molecule has 62 heavy (non-hydrogen) atoms. The monoisotopic (exact) mass is 966 g/mol. The van der Waals surface area contributed by atoms with Gasteiger partial charge in [-0.15, -0.1) is 22.7 Å². The molecule has 20 heteroatoms. The number of hydrogen-bond donors (Lipinski definition) is 0. The van der Waals surface area contributed by atoms with Crippen LogP contribution in [0.3, 0.4) is 0 Å². The zero-order valence-electron chi connectivity index (χ0n) is 33.4. The van der Waals surface area contributed by atoms with Crippen LogP contribution in [0.2, 0.25) is 10.0 Å². The maximum absolute atomic E-state index is 14.0. The van der Waals surface area contributed by atoms with E-state index in [1.165, 1.54) is 39.4 Å². The Morgan fingerprint density at radius 2 is 0.952 bits per heavy atom. The molecule has 8 rings (SSSR count). The molecule has 2 aliphatic heterocycles. The van der Waals surface area contributed by atoms with Crippen molar-refractivity contribution in [1.82, 2.24) is 18.6 Å². The summed E-state index contributed by atoms with van der Waals surface area (Å²) in [6.07, 6.45) is 1.33. The smallest absolute Gasteiger partial charge is 0.249 e. The molecule has 0 N–H and O–H groups in total. The van der Waals surface area contributed by atoms with Crippen molar-refractivity contribution in [2.24, 2.45) is 0 Å². The largest absolute Gasteiger partial charge is 0.345 e. The Labute approximate surface area is 376 Å². The lowest BCUT2D eigenvalue weighted by atomic mass is 10.0. The number of hydrogen-bond acceptors (Lipinski definition) is 10. The molecule has 2 fully saturated rings. The van der Waals surface area contributed by atoms with Crippen molar-refractivity contribution in [2.75, 3.05) is 62.2 Å². The van der Waals surface area contributed by atoms with Gasteiger partial charge in [0.1, 0.15) is 23.3 Å². The summed E-state index contributed by atoms with van der Waals surface area (Å²) in [5.41, 5.74) is 6.51. The van der Waals surface area contributed by atoms with Crippen LogP contribution < -0.4 is 9.80 Å². The number of thiazole rings is 2. The Balaban J connectivity index is 0.000000186. The third kappa shape index (κ3) is 10.3. The topological polar surface area (TPSA) is 107 Å². The van der Waals surface area contributed by atoms with E-state index >= 15 is 0 Å². The predicted octanol–water partition coefficient (Wildman–Crippen LogP) is 8.97. The normalized spacial score (nSPS) is 15.4. The number of piperazine rings is 2. The van der Waals surface area contributed by atoms with Crippen molar-refractivity contribution in [2.45, 2.75) is 36.5 Å². The highest BCUT2D eigenvalue weighted by Gasteiger charge is 2.35. The molecule has 0 radical (unpaired) electrons. The number of benzene rings is 4. The third-order valence-corrected chi connectivity index (χ3v) is 17.0. The predicted molar refractivity (Wildman–Crippen MR) is 237 cm³/mol. The van der Waals surface area contributed by atoms with Gasteiger partial charge in [0.25, 0.3) is 0 Å². The van der Waals surface area contributed by atoms with E-state index in [9.17, 15) is 34.4 Å². The fourth-order valence-electron chi connectivity index (χ4n) is 6.98. The average molecular weight is 968 g/mol. The van der Waals surface area contributed by atoms with Gasteiger partial charge in [0.05, 0.1) is 21.4 Å². The lowest BCUT2D eigenvalue weighted by molar-refractivity contribution is 0.378. The standard InChI is InChI=1S/C22H23F2N3O2S2.C20H17Cl2F2N3O2S2/c1-15-6-7-17(12-16(15)2)13-18-14-30-22(25-18)26-8-10-27(11-9-26)31(28,29)21-19(23)4-3-5-20(21)24;21-15-5-4-13(11-16(15)22)10-14-12-30-20(25-14)26-6-8-27(9-7-26)31(28,29)19-17(23)2-1-3-18(19)24/h3-7,12,14H,8-11,13H2,1-2H3;1-5,11-12H,6-10H2. The van der Waals surface area contributed by atoms with Gasteiger partial charge in [0, 0.05) is 76.0 Å². The highest BCUT2D eigenvalue weighted by molar-refractivity contribution is 7.89. The Kier molecular flexibility index (Phi) is 14.3. The molecule has 2 saturated heterocycles. The van der Waals surface area contributed by atoms with Gasteiger partial charge in [-0.3, -0.25) is 0 Å². The van der Waals surface area contributed by atoms with Crippen LogP contribution in [0.5, 0.6) is 0 Å². The van der Waals surface area contributed by atoms with E-state index in [4.69, 9.17) is 28.2 Å². The molecule has 4 heterocycles. The van der Waals surface area contributed by atoms with Crippen molar-refractivity contribution in [1.29, 1.82) is 0 Å². The summed E-state index contributed by atoms with van der Waals surface area (Å²) < 4.78 is 109. The molecule has 4 aromatic carbocycles. The second-order valence-electron chi connectivity index (χ2n) is 14.6. The third-order valence-electron chi connectivity index (χ3n) is 10.5. The molecule has 0 aliphatic carbocycles.